The number of rotatable bonds is 5. The van der Waals surface area contributed by atoms with Gasteiger partial charge in [0.15, 0.2) is 0 Å². The first-order chi connectivity index (χ1) is 9.48. The summed E-state index contributed by atoms with van der Waals surface area (Å²) in [4.78, 5) is 2.03. The van der Waals surface area contributed by atoms with Crippen molar-refractivity contribution in [1.82, 2.24) is 10.2 Å². The van der Waals surface area contributed by atoms with Gasteiger partial charge in [-0.15, -0.1) is 0 Å². The lowest BCUT2D eigenvalue weighted by atomic mass is 9.98. The van der Waals surface area contributed by atoms with Crippen molar-refractivity contribution in [1.29, 1.82) is 0 Å². The molecule has 0 saturated carbocycles. The van der Waals surface area contributed by atoms with Crippen molar-refractivity contribution in [2.75, 3.05) is 27.2 Å². The number of benzene rings is 1. The lowest BCUT2D eigenvalue weighted by molar-refractivity contribution is 0.0310. The Bertz CT molecular complexity index is 429. The Morgan fingerprint density at radius 3 is 2.80 bits per heavy atom. The number of nitrogens with one attached hydrogen (secondary N) is 1. The van der Waals surface area contributed by atoms with Crippen LogP contribution >= 0.6 is 0 Å². The first kappa shape index (κ1) is 15.5. The Kier molecular flexibility index (Phi) is 5.19. The highest BCUT2D eigenvalue weighted by Gasteiger charge is 2.24. The van der Waals surface area contributed by atoms with Crippen molar-refractivity contribution in [3.63, 3.8) is 0 Å². The predicted molar refractivity (Wildman–Crippen MR) is 83.9 cm³/mol. The van der Waals surface area contributed by atoms with Crippen LogP contribution in [0.25, 0.3) is 0 Å². The van der Waals surface area contributed by atoms with E-state index in [9.17, 15) is 5.11 Å². The van der Waals surface area contributed by atoms with Gasteiger partial charge in [0.1, 0.15) is 0 Å². The maximum atomic E-state index is 10.4. The zero-order valence-electron chi connectivity index (χ0n) is 13.0. The van der Waals surface area contributed by atoms with Crippen LogP contribution in [0.1, 0.15) is 43.4 Å². The van der Waals surface area contributed by atoms with Crippen LogP contribution in [0.15, 0.2) is 24.3 Å². The highest BCUT2D eigenvalue weighted by atomic mass is 16.3. The molecule has 3 nitrogen and oxygen atoms in total. The monoisotopic (exact) mass is 276 g/mol. The fourth-order valence-electron chi connectivity index (χ4n) is 3.21. The average Bonchev–Trinajstić information content (AvgIpc) is 2.57. The molecule has 2 atom stereocenters. The molecule has 20 heavy (non-hydrogen) atoms. The second-order valence-corrected chi connectivity index (χ2v) is 6.61. The van der Waals surface area contributed by atoms with Crippen molar-refractivity contribution < 1.29 is 5.11 Å². The summed E-state index contributed by atoms with van der Waals surface area (Å²) < 4.78 is 0. The first-order valence-corrected chi connectivity index (χ1v) is 7.66. The molecule has 3 heteroatoms. The van der Waals surface area contributed by atoms with Gasteiger partial charge in [0.2, 0.25) is 0 Å². The second-order valence-electron chi connectivity index (χ2n) is 6.61. The van der Waals surface area contributed by atoms with Crippen LogP contribution in [0, 0.1) is 0 Å². The Morgan fingerprint density at radius 1 is 1.30 bits per heavy atom. The van der Waals surface area contributed by atoms with Crippen molar-refractivity contribution in [2.24, 2.45) is 0 Å². The third kappa shape index (κ3) is 4.30. The summed E-state index contributed by atoms with van der Waals surface area (Å²) in [6.07, 6.45) is 4.86. The van der Waals surface area contributed by atoms with E-state index < -0.39 is 5.60 Å². The van der Waals surface area contributed by atoms with E-state index in [0.29, 0.717) is 19.1 Å². The molecule has 1 aliphatic carbocycles. The maximum absolute atomic E-state index is 10.4. The van der Waals surface area contributed by atoms with E-state index in [0.717, 1.165) is 6.42 Å². The lowest BCUT2D eigenvalue weighted by Crippen LogP contribution is -2.46. The van der Waals surface area contributed by atoms with Crippen LogP contribution in [0.3, 0.4) is 0 Å². The van der Waals surface area contributed by atoms with Gasteiger partial charge in [-0.3, -0.25) is 0 Å². The molecule has 0 fully saturated rings. The maximum Gasteiger partial charge on any atom is 0.0869 e. The van der Waals surface area contributed by atoms with Crippen molar-refractivity contribution >= 4 is 0 Å². The molecular formula is C17H28N2O. The van der Waals surface area contributed by atoms with E-state index in [1.165, 1.54) is 30.4 Å². The Labute approximate surface area is 123 Å². The molecule has 0 radical (unpaired) electrons. The molecule has 0 heterocycles. The number of likely N-dealkylation sites (N-methyl/N-ethyl adjacent to an activating group) is 1. The SMILES string of the molecule is CN(C)CC(C)(O)CNC1CCCCc2ccccc21. The Morgan fingerprint density at radius 2 is 2.05 bits per heavy atom. The summed E-state index contributed by atoms with van der Waals surface area (Å²) in [7, 11) is 3.99. The summed E-state index contributed by atoms with van der Waals surface area (Å²) in [5, 5.41) is 14.0. The minimum absolute atomic E-state index is 0.377. The van der Waals surface area contributed by atoms with E-state index in [4.69, 9.17) is 0 Å². The standard InChI is InChI=1S/C17H28N2O/c1-17(20,13-19(2)3)12-18-16-11-7-5-9-14-8-4-6-10-15(14)16/h4,6,8,10,16,18,20H,5,7,9,11-13H2,1-3H3. The van der Waals surface area contributed by atoms with Crippen LogP contribution in [0.2, 0.25) is 0 Å². The summed E-state index contributed by atoms with van der Waals surface area (Å²) in [6, 6.07) is 9.11. The van der Waals surface area contributed by atoms with Gasteiger partial charge >= 0.3 is 0 Å². The number of aliphatic hydroxyl groups is 1. The highest BCUT2D eigenvalue weighted by molar-refractivity contribution is 5.31. The summed E-state index contributed by atoms with van der Waals surface area (Å²) >= 11 is 0. The summed E-state index contributed by atoms with van der Waals surface area (Å²) in [6.45, 7) is 3.21. The number of nitrogens with zero attached hydrogens (tertiary/aromatic N) is 1. The van der Waals surface area contributed by atoms with Crippen LogP contribution in [-0.2, 0) is 6.42 Å². The molecule has 112 valence electrons. The second kappa shape index (κ2) is 6.70. The minimum atomic E-state index is -0.690. The normalized spacial score (nSPS) is 22.1. The fourth-order valence-corrected chi connectivity index (χ4v) is 3.21. The number of hydrogen-bond donors (Lipinski definition) is 2. The quantitative estimate of drug-likeness (QED) is 0.810. The minimum Gasteiger partial charge on any atom is -0.388 e. The molecule has 0 aromatic heterocycles. The zero-order valence-corrected chi connectivity index (χ0v) is 13.0. The summed E-state index contributed by atoms with van der Waals surface area (Å²) in [5.74, 6) is 0. The van der Waals surface area contributed by atoms with Gasteiger partial charge in [0.05, 0.1) is 5.60 Å². The highest BCUT2D eigenvalue weighted by Crippen LogP contribution is 2.28. The molecule has 2 unspecified atom stereocenters. The van der Waals surface area contributed by atoms with Crippen LogP contribution in [0.4, 0.5) is 0 Å². The zero-order chi connectivity index (χ0) is 14.6. The van der Waals surface area contributed by atoms with Crippen LogP contribution < -0.4 is 5.32 Å². The van der Waals surface area contributed by atoms with Crippen molar-refractivity contribution in [3.05, 3.63) is 35.4 Å². The molecular weight excluding hydrogens is 248 g/mol. The molecule has 0 amide bonds. The van der Waals surface area contributed by atoms with Gasteiger partial charge in [-0.1, -0.05) is 30.7 Å². The smallest absolute Gasteiger partial charge is 0.0869 e. The third-order valence-corrected chi connectivity index (χ3v) is 4.01. The van der Waals surface area contributed by atoms with E-state index in [2.05, 4.69) is 29.6 Å². The van der Waals surface area contributed by atoms with Gasteiger partial charge in [0, 0.05) is 19.1 Å². The number of fused-ring (bicyclic) bond motifs is 1. The van der Waals surface area contributed by atoms with Gasteiger partial charge in [-0.05, 0) is 51.4 Å². The van der Waals surface area contributed by atoms with Crippen LogP contribution in [-0.4, -0.2) is 42.8 Å². The van der Waals surface area contributed by atoms with Gasteiger partial charge in [-0.25, -0.2) is 0 Å². The van der Waals surface area contributed by atoms with Crippen molar-refractivity contribution in [3.8, 4) is 0 Å². The number of hydrogen-bond acceptors (Lipinski definition) is 3. The Hall–Kier alpha value is -0.900. The molecule has 1 aromatic carbocycles. The van der Waals surface area contributed by atoms with E-state index in [1.807, 2.05) is 25.9 Å². The van der Waals surface area contributed by atoms with E-state index >= 15 is 0 Å². The van der Waals surface area contributed by atoms with Gasteiger partial charge < -0.3 is 15.3 Å². The van der Waals surface area contributed by atoms with Crippen LogP contribution in [0.5, 0.6) is 0 Å². The fraction of sp³-hybridized carbons (Fsp3) is 0.647. The first-order valence-electron chi connectivity index (χ1n) is 7.66. The molecule has 2 rings (SSSR count). The molecule has 1 aromatic rings. The third-order valence-electron chi connectivity index (χ3n) is 4.01. The molecule has 0 aliphatic heterocycles. The van der Waals surface area contributed by atoms with Crippen molar-refractivity contribution in [2.45, 2.75) is 44.2 Å². The van der Waals surface area contributed by atoms with E-state index in [-0.39, 0.29) is 0 Å². The van der Waals surface area contributed by atoms with Gasteiger partial charge in [-0.2, -0.15) is 0 Å². The molecule has 0 saturated heterocycles. The molecule has 1 aliphatic rings. The molecule has 2 N–H and O–H groups in total. The molecule has 0 bridgehead atoms. The topological polar surface area (TPSA) is 35.5 Å². The average molecular weight is 276 g/mol. The largest absolute Gasteiger partial charge is 0.388 e. The Balaban J connectivity index is 2.02. The lowest BCUT2D eigenvalue weighted by Gasteiger charge is -2.30. The van der Waals surface area contributed by atoms with E-state index in [1.54, 1.807) is 0 Å². The number of aryl methyl sites for hydroxylation is 1. The summed E-state index contributed by atoms with van der Waals surface area (Å²) in [5.41, 5.74) is 2.20. The predicted octanol–water partition coefficient (Wildman–Crippen LogP) is 2.36. The van der Waals surface area contributed by atoms with Gasteiger partial charge in [0.25, 0.3) is 0 Å². The molecule has 0 spiro atoms.